The molecule has 166 valence electrons. The molecule has 0 saturated carbocycles. The van der Waals surface area contributed by atoms with Gasteiger partial charge in [-0.25, -0.2) is 4.98 Å². The van der Waals surface area contributed by atoms with E-state index >= 15 is 0 Å². The van der Waals surface area contributed by atoms with Crippen molar-refractivity contribution in [2.75, 3.05) is 25.0 Å². The molecule has 0 bridgehead atoms. The van der Waals surface area contributed by atoms with E-state index in [0.29, 0.717) is 24.3 Å². The Morgan fingerprint density at radius 1 is 1.20 bits per heavy atom. The molecule has 2 heterocycles. The lowest BCUT2D eigenvalue weighted by Crippen LogP contribution is -2.41. The molecule has 30 heavy (non-hydrogen) atoms. The number of aromatic nitrogens is 3. The molecular weight excluding hydrogens is 419 g/mol. The number of nitrogens with zero attached hydrogens (tertiary/aromatic N) is 4. The Morgan fingerprint density at radius 3 is 2.37 bits per heavy atom. The highest BCUT2D eigenvalue weighted by Gasteiger charge is 2.30. The van der Waals surface area contributed by atoms with Crippen molar-refractivity contribution >= 4 is 17.3 Å². The zero-order valence-electron chi connectivity index (χ0n) is 17.5. The summed E-state index contributed by atoms with van der Waals surface area (Å²) in [5.41, 5.74) is -1.18. The maximum absolute atomic E-state index is 12.7. The Bertz CT molecular complexity index is 879. The van der Waals surface area contributed by atoms with Gasteiger partial charge in [0, 0.05) is 18.8 Å². The predicted molar refractivity (Wildman–Crippen MR) is 112 cm³/mol. The molecule has 2 rings (SSSR count). The molecule has 1 N–H and O–H groups in total. The minimum atomic E-state index is -4.51. The van der Waals surface area contributed by atoms with Crippen LogP contribution < -0.4 is 10.9 Å². The highest BCUT2D eigenvalue weighted by Crippen LogP contribution is 2.28. The topological polar surface area (TPSA) is 63.1 Å². The third-order valence-corrected chi connectivity index (χ3v) is 5.18. The van der Waals surface area contributed by atoms with Crippen LogP contribution in [0.15, 0.2) is 29.3 Å². The van der Waals surface area contributed by atoms with Crippen LogP contribution in [0, 0.1) is 5.92 Å². The van der Waals surface area contributed by atoms with E-state index in [1.54, 1.807) is 0 Å². The maximum Gasteiger partial charge on any atom is 0.417 e. The molecule has 0 radical (unpaired) electrons. The highest BCUT2D eigenvalue weighted by molar-refractivity contribution is 6.32. The van der Waals surface area contributed by atoms with Gasteiger partial charge in [-0.05, 0) is 37.6 Å². The van der Waals surface area contributed by atoms with Crippen LogP contribution in [0.3, 0.4) is 0 Å². The van der Waals surface area contributed by atoms with Crippen molar-refractivity contribution in [2.45, 2.75) is 46.3 Å². The van der Waals surface area contributed by atoms with Crippen LogP contribution in [-0.4, -0.2) is 45.3 Å². The normalized spacial score (nSPS) is 13.1. The SMILES string of the molecule is CCN(CC)[C@@H](CNc1cnn(-c2ccc(C(F)(F)F)cn2)c(=O)c1Cl)CC(C)C. The number of hydrogen-bond acceptors (Lipinski definition) is 5. The fraction of sp³-hybridized carbons (Fsp3) is 0.550. The Morgan fingerprint density at radius 2 is 1.87 bits per heavy atom. The summed E-state index contributed by atoms with van der Waals surface area (Å²) in [5.74, 6) is 0.465. The second-order valence-corrected chi connectivity index (χ2v) is 7.76. The van der Waals surface area contributed by atoms with Crippen LogP contribution >= 0.6 is 11.6 Å². The summed E-state index contributed by atoms with van der Waals surface area (Å²) in [5, 5.41) is 7.13. The molecule has 0 aliphatic carbocycles. The van der Waals surface area contributed by atoms with Crippen molar-refractivity contribution in [1.29, 1.82) is 0 Å². The molecule has 0 fully saturated rings. The van der Waals surface area contributed by atoms with Crippen LogP contribution in [0.25, 0.3) is 5.82 Å². The number of pyridine rings is 1. The molecule has 0 aromatic carbocycles. The van der Waals surface area contributed by atoms with Gasteiger partial charge in [-0.1, -0.05) is 39.3 Å². The first kappa shape index (κ1) is 24.1. The first-order valence-electron chi connectivity index (χ1n) is 9.87. The number of hydrogen-bond donors (Lipinski definition) is 1. The lowest BCUT2D eigenvalue weighted by Gasteiger charge is -2.31. The first-order valence-corrected chi connectivity index (χ1v) is 10.3. The van der Waals surface area contributed by atoms with E-state index in [-0.39, 0.29) is 16.9 Å². The zero-order valence-corrected chi connectivity index (χ0v) is 18.3. The van der Waals surface area contributed by atoms with Gasteiger partial charge in [0.2, 0.25) is 0 Å². The van der Waals surface area contributed by atoms with Crippen molar-refractivity contribution < 1.29 is 13.2 Å². The van der Waals surface area contributed by atoms with E-state index in [0.717, 1.165) is 36.3 Å². The predicted octanol–water partition coefficient (Wildman–Crippen LogP) is 4.47. The number of nitrogens with one attached hydrogen (secondary N) is 1. The van der Waals surface area contributed by atoms with E-state index in [1.807, 2.05) is 0 Å². The Hall–Kier alpha value is -2.13. The van der Waals surface area contributed by atoms with Gasteiger partial charge in [0.25, 0.3) is 5.56 Å². The minimum Gasteiger partial charge on any atom is -0.381 e. The van der Waals surface area contributed by atoms with Crippen LogP contribution in [0.2, 0.25) is 5.02 Å². The molecule has 0 unspecified atom stereocenters. The quantitative estimate of drug-likeness (QED) is 0.617. The van der Waals surface area contributed by atoms with Gasteiger partial charge in [-0.15, -0.1) is 0 Å². The summed E-state index contributed by atoms with van der Waals surface area (Å²) < 4.78 is 39.0. The third kappa shape index (κ3) is 5.95. The first-order chi connectivity index (χ1) is 14.1. The second kappa shape index (κ2) is 10.3. The van der Waals surface area contributed by atoms with Crippen LogP contribution in [0.4, 0.5) is 18.9 Å². The molecule has 1 atom stereocenters. The van der Waals surface area contributed by atoms with Gasteiger partial charge in [-0.3, -0.25) is 9.69 Å². The van der Waals surface area contributed by atoms with E-state index in [2.05, 4.69) is 48.0 Å². The lowest BCUT2D eigenvalue weighted by atomic mass is 10.0. The van der Waals surface area contributed by atoms with Gasteiger partial charge < -0.3 is 5.32 Å². The smallest absolute Gasteiger partial charge is 0.381 e. The average molecular weight is 446 g/mol. The second-order valence-electron chi connectivity index (χ2n) is 7.38. The fourth-order valence-corrected chi connectivity index (χ4v) is 3.47. The monoisotopic (exact) mass is 445 g/mol. The van der Waals surface area contributed by atoms with Crippen molar-refractivity contribution in [1.82, 2.24) is 19.7 Å². The van der Waals surface area contributed by atoms with Crippen molar-refractivity contribution in [3.8, 4) is 5.82 Å². The molecule has 0 amide bonds. The molecule has 0 spiro atoms. The van der Waals surface area contributed by atoms with Crippen LogP contribution in [0.5, 0.6) is 0 Å². The summed E-state index contributed by atoms with van der Waals surface area (Å²) in [6.07, 6.45) is -1.49. The minimum absolute atomic E-state index is 0.0396. The summed E-state index contributed by atoms with van der Waals surface area (Å²) in [6, 6.07) is 2.19. The number of likely N-dealkylation sites (N-methyl/N-ethyl adjacent to an activating group) is 1. The van der Waals surface area contributed by atoms with Crippen LogP contribution in [-0.2, 0) is 6.18 Å². The summed E-state index contributed by atoms with van der Waals surface area (Å²) in [7, 11) is 0. The summed E-state index contributed by atoms with van der Waals surface area (Å²) in [4.78, 5) is 18.6. The van der Waals surface area contributed by atoms with Crippen molar-refractivity contribution in [2.24, 2.45) is 5.92 Å². The van der Waals surface area contributed by atoms with Crippen molar-refractivity contribution in [3.05, 3.63) is 45.5 Å². The van der Waals surface area contributed by atoms with Gasteiger partial charge in [0.1, 0.15) is 5.02 Å². The fourth-order valence-electron chi connectivity index (χ4n) is 3.27. The Labute approximate surface area is 179 Å². The van der Waals surface area contributed by atoms with Gasteiger partial charge in [0.15, 0.2) is 5.82 Å². The lowest BCUT2D eigenvalue weighted by molar-refractivity contribution is -0.137. The third-order valence-electron chi connectivity index (χ3n) is 4.81. The van der Waals surface area contributed by atoms with E-state index in [4.69, 9.17) is 11.6 Å². The molecule has 6 nitrogen and oxygen atoms in total. The number of halogens is 4. The standard InChI is InChI=1S/C20H27ClF3N5O/c1-5-28(6-2)15(9-13(3)4)11-25-16-12-27-29(19(30)18(16)21)17-8-7-14(10-26-17)20(22,23)24/h7-8,10,12-13,15,25H,5-6,9,11H2,1-4H3/t15-/m1/s1. The highest BCUT2D eigenvalue weighted by atomic mass is 35.5. The van der Waals surface area contributed by atoms with E-state index in [1.165, 1.54) is 6.20 Å². The molecule has 10 heteroatoms. The van der Waals surface area contributed by atoms with Gasteiger partial charge >= 0.3 is 6.18 Å². The molecular formula is C20H27ClF3N5O. The van der Waals surface area contributed by atoms with Crippen LogP contribution in [0.1, 0.15) is 39.7 Å². The molecule has 2 aromatic heterocycles. The Balaban J connectivity index is 2.22. The largest absolute Gasteiger partial charge is 0.417 e. The zero-order chi connectivity index (χ0) is 22.5. The van der Waals surface area contributed by atoms with Gasteiger partial charge in [-0.2, -0.15) is 23.0 Å². The number of alkyl halides is 3. The van der Waals surface area contributed by atoms with E-state index in [9.17, 15) is 18.0 Å². The Kier molecular flexibility index (Phi) is 8.25. The number of anilines is 1. The average Bonchev–Trinajstić information content (AvgIpc) is 2.69. The molecule has 0 aliphatic heterocycles. The number of rotatable bonds is 9. The summed E-state index contributed by atoms with van der Waals surface area (Å²) >= 11 is 6.23. The molecule has 0 saturated heterocycles. The maximum atomic E-state index is 12.7. The molecule has 2 aromatic rings. The summed E-state index contributed by atoms with van der Waals surface area (Å²) in [6.45, 7) is 10.9. The van der Waals surface area contributed by atoms with Gasteiger partial charge in [0.05, 0.1) is 17.4 Å². The van der Waals surface area contributed by atoms with Crippen molar-refractivity contribution in [3.63, 3.8) is 0 Å². The van der Waals surface area contributed by atoms with E-state index < -0.39 is 17.3 Å². The molecule has 0 aliphatic rings.